The minimum absolute atomic E-state index is 0. The molecule has 0 bridgehead atoms. The van der Waals surface area contributed by atoms with Crippen molar-refractivity contribution in [2.75, 3.05) is 0 Å². The zero-order chi connectivity index (χ0) is 6.10. The molecule has 1 N–H and O–H groups in total. The van der Waals surface area contributed by atoms with Crippen molar-refractivity contribution >= 4 is 19.4 Å². The lowest BCUT2D eigenvalue weighted by molar-refractivity contribution is 0.959. The zero-order valence-corrected chi connectivity index (χ0v) is 6.34. The molecule has 0 spiro atoms. The van der Waals surface area contributed by atoms with E-state index in [2.05, 4.69) is 15.4 Å². The van der Waals surface area contributed by atoms with Gasteiger partial charge in [0.15, 0.2) is 0 Å². The molecule has 0 fully saturated rings. The fourth-order valence-electron chi connectivity index (χ4n) is 0.788. The largest absolute Gasteiger partial charge is 0.269 e. The molecule has 0 radical (unpaired) electrons. The summed E-state index contributed by atoms with van der Waals surface area (Å²) in [6, 6.07) is 7.74. The summed E-state index contributed by atoms with van der Waals surface area (Å²) in [7, 11) is 0. The quantitative estimate of drug-likeness (QED) is 0.507. The maximum Gasteiger partial charge on any atom is 0.112 e. The summed E-state index contributed by atoms with van der Waals surface area (Å²) >= 11 is 0. The van der Waals surface area contributed by atoms with Gasteiger partial charge in [-0.1, -0.05) is 17.3 Å². The zero-order valence-electron chi connectivity index (χ0n) is 6.34. The van der Waals surface area contributed by atoms with Crippen LogP contribution in [0.2, 0.25) is 0 Å². The molecule has 0 unspecified atom stereocenters. The van der Waals surface area contributed by atoms with E-state index in [9.17, 15) is 0 Å². The molecule has 0 saturated carbocycles. The lowest BCUT2D eigenvalue weighted by Gasteiger charge is -1.79. The average molecular weight is 213 g/mol. The number of fused-ring (bicyclic) bond motifs is 1. The summed E-state index contributed by atoms with van der Waals surface area (Å²) < 4.78 is 0. The number of para-hydroxylation sites is 1. The van der Waals surface area contributed by atoms with Gasteiger partial charge in [-0.25, -0.2) is 0 Å². The van der Waals surface area contributed by atoms with Gasteiger partial charge in [0.25, 0.3) is 0 Å². The maximum absolute atomic E-state index is 3.81. The Bertz CT molecular complexity index is 299. The van der Waals surface area contributed by atoms with Crippen LogP contribution in [0.4, 0.5) is 18.8 Å². The summed E-state index contributed by atoms with van der Waals surface area (Å²) in [4.78, 5) is 0. The standard InChI is InChI=1S/C6H5N3.BH3.4FH/c1-2-4-6-5(3-1)7-9-8-6;;;;;/h1-4H,(H,7,8,9);1H3;4*1H. The van der Waals surface area contributed by atoms with E-state index in [1.54, 1.807) is 0 Å². The van der Waals surface area contributed by atoms with Crippen molar-refractivity contribution in [3.8, 4) is 0 Å². The van der Waals surface area contributed by atoms with Crippen LogP contribution in [0.25, 0.3) is 11.0 Å². The minimum atomic E-state index is 0. The second-order valence-corrected chi connectivity index (χ2v) is 1.83. The van der Waals surface area contributed by atoms with E-state index >= 15 is 0 Å². The van der Waals surface area contributed by atoms with Gasteiger partial charge in [0.05, 0.1) is 13.9 Å². The van der Waals surface area contributed by atoms with Crippen LogP contribution in [0.1, 0.15) is 0 Å². The molecule has 0 aliphatic carbocycles. The lowest BCUT2D eigenvalue weighted by Crippen LogP contribution is -1.63. The Hall–Kier alpha value is -1.60. The van der Waals surface area contributed by atoms with Gasteiger partial charge in [-0.15, -0.1) is 5.10 Å². The van der Waals surface area contributed by atoms with Gasteiger partial charge >= 0.3 is 0 Å². The predicted molar refractivity (Wildman–Crippen MR) is 53.8 cm³/mol. The van der Waals surface area contributed by atoms with Crippen LogP contribution in [-0.2, 0) is 0 Å². The van der Waals surface area contributed by atoms with E-state index in [1.807, 2.05) is 24.3 Å². The van der Waals surface area contributed by atoms with Crippen molar-refractivity contribution < 1.29 is 18.8 Å². The monoisotopic (exact) mass is 213 g/mol. The first-order valence-corrected chi connectivity index (χ1v) is 2.72. The van der Waals surface area contributed by atoms with Crippen LogP contribution >= 0.6 is 0 Å². The number of nitrogens with one attached hydrogen (secondary N) is 1. The van der Waals surface area contributed by atoms with Crippen molar-refractivity contribution in [2.45, 2.75) is 0 Å². The molecule has 0 amide bonds. The van der Waals surface area contributed by atoms with Gasteiger partial charge in [0.2, 0.25) is 0 Å². The number of nitrogens with zero attached hydrogens (tertiary/aromatic N) is 2. The van der Waals surface area contributed by atoms with Crippen molar-refractivity contribution in [2.24, 2.45) is 0 Å². The molecule has 0 aliphatic rings. The third-order valence-electron chi connectivity index (χ3n) is 1.23. The molecule has 3 nitrogen and oxygen atoms in total. The number of rotatable bonds is 0. The second kappa shape index (κ2) is 9.49. The van der Waals surface area contributed by atoms with E-state index in [0.717, 1.165) is 11.0 Å². The second-order valence-electron chi connectivity index (χ2n) is 1.83. The van der Waals surface area contributed by atoms with Gasteiger partial charge in [-0.3, -0.25) is 23.9 Å². The number of H-pyrrole nitrogens is 1. The Morgan fingerprint density at radius 1 is 0.929 bits per heavy atom. The molecule has 82 valence electrons. The summed E-state index contributed by atoms with van der Waals surface area (Å²) in [5.74, 6) is 0. The molecular formula is C6H12BF4N3. The van der Waals surface area contributed by atoms with E-state index < -0.39 is 0 Å². The van der Waals surface area contributed by atoms with E-state index in [1.165, 1.54) is 0 Å². The number of aromatic amines is 1. The van der Waals surface area contributed by atoms with Crippen molar-refractivity contribution in [3.05, 3.63) is 24.3 Å². The molecule has 14 heavy (non-hydrogen) atoms. The number of aromatic nitrogens is 3. The van der Waals surface area contributed by atoms with Gasteiger partial charge in [0, 0.05) is 0 Å². The van der Waals surface area contributed by atoms with E-state index in [4.69, 9.17) is 0 Å². The predicted octanol–water partition coefficient (Wildman–Crippen LogP) is 0.384. The number of hydrogen-bond donors (Lipinski definition) is 1. The summed E-state index contributed by atoms with van der Waals surface area (Å²) in [5.41, 5.74) is 1.90. The number of hydrogen-bond acceptors (Lipinski definition) is 2. The Kier molecular flexibility index (Phi) is 15.5. The van der Waals surface area contributed by atoms with Gasteiger partial charge in [0.1, 0.15) is 5.52 Å². The van der Waals surface area contributed by atoms with Crippen molar-refractivity contribution in [1.29, 1.82) is 0 Å². The molecule has 0 atom stereocenters. The average Bonchev–Trinajstić information content (AvgIpc) is 2.33. The summed E-state index contributed by atoms with van der Waals surface area (Å²) in [5, 5.41) is 10.2. The van der Waals surface area contributed by atoms with Crippen LogP contribution in [0.3, 0.4) is 0 Å². The molecule has 8 heteroatoms. The Morgan fingerprint density at radius 2 is 1.50 bits per heavy atom. The first-order valence-electron chi connectivity index (χ1n) is 2.72. The molecule has 1 heterocycles. The van der Waals surface area contributed by atoms with Crippen molar-refractivity contribution in [3.63, 3.8) is 0 Å². The summed E-state index contributed by atoms with van der Waals surface area (Å²) in [6.45, 7) is 0. The van der Waals surface area contributed by atoms with Crippen LogP contribution < -0.4 is 0 Å². The van der Waals surface area contributed by atoms with Crippen LogP contribution in [0.15, 0.2) is 24.3 Å². The molecule has 1 aromatic heterocycles. The SMILES string of the molecule is B.F.F.F.F.c1ccc2[nH]nnc2c1. The number of halogens is 4. The van der Waals surface area contributed by atoms with Crippen LogP contribution in [0, 0.1) is 0 Å². The van der Waals surface area contributed by atoms with Gasteiger partial charge in [-0.2, -0.15) is 0 Å². The first-order chi connectivity index (χ1) is 4.47. The number of benzene rings is 1. The Labute approximate surface area is 78.9 Å². The van der Waals surface area contributed by atoms with E-state index in [0.29, 0.717) is 0 Å². The fraction of sp³-hybridized carbons (Fsp3) is 0. The lowest BCUT2D eigenvalue weighted by atomic mass is 10.3. The highest BCUT2D eigenvalue weighted by Crippen LogP contribution is 2.03. The highest BCUT2D eigenvalue weighted by atomic mass is 19.0. The molecule has 0 saturated heterocycles. The molecule has 2 rings (SSSR count). The Balaban J connectivity index is -0.0000001000. The molecule has 1 aromatic carbocycles. The molecule has 0 aliphatic heterocycles. The van der Waals surface area contributed by atoms with E-state index in [-0.39, 0.29) is 27.2 Å². The molecule has 2 aromatic rings. The Morgan fingerprint density at radius 3 is 2.07 bits per heavy atom. The van der Waals surface area contributed by atoms with Gasteiger partial charge < -0.3 is 0 Å². The third kappa shape index (κ3) is 3.88. The molecular weight excluding hydrogens is 201 g/mol. The topological polar surface area (TPSA) is 41.6 Å². The third-order valence-corrected chi connectivity index (χ3v) is 1.23. The highest BCUT2D eigenvalue weighted by molar-refractivity contribution is 5.75. The summed E-state index contributed by atoms with van der Waals surface area (Å²) in [6.07, 6.45) is 0. The first kappa shape index (κ1) is 22.8. The van der Waals surface area contributed by atoms with Crippen molar-refractivity contribution in [1.82, 2.24) is 15.4 Å². The minimum Gasteiger partial charge on any atom is -0.269 e. The smallest absolute Gasteiger partial charge is 0.112 e. The fourth-order valence-corrected chi connectivity index (χ4v) is 0.788. The maximum atomic E-state index is 3.81. The van der Waals surface area contributed by atoms with Crippen LogP contribution in [0.5, 0.6) is 0 Å². The van der Waals surface area contributed by atoms with Crippen LogP contribution in [-0.4, -0.2) is 23.8 Å². The van der Waals surface area contributed by atoms with Gasteiger partial charge in [-0.05, 0) is 12.1 Å². The highest BCUT2D eigenvalue weighted by Gasteiger charge is 1.90. The normalized spacial score (nSPS) is 6.57.